The molecule has 0 aliphatic heterocycles. The maximum absolute atomic E-state index is 11.0. The SMILES string of the molecule is CC/C=C(/C)OF. The maximum Gasteiger partial charge on any atom is 0.141 e. The molecule has 0 atom stereocenters. The first-order chi connectivity index (χ1) is 3.31. The zero-order chi connectivity index (χ0) is 5.70. The normalized spacial score (nSPS) is 11.6. The van der Waals surface area contributed by atoms with Gasteiger partial charge in [0.1, 0.15) is 5.76 Å². The van der Waals surface area contributed by atoms with Crippen molar-refractivity contribution in [3.63, 3.8) is 0 Å². The Hall–Kier alpha value is -0.530. The van der Waals surface area contributed by atoms with Gasteiger partial charge in [-0.1, -0.05) is 6.92 Å². The highest BCUT2D eigenvalue weighted by Crippen LogP contribution is 1.95. The van der Waals surface area contributed by atoms with Gasteiger partial charge in [0.15, 0.2) is 0 Å². The number of halogens is 1. The minimum atomic E-state index is 0.336. The van der Waals surface area contributed by atoms with Crippen LogP contribution in [-0.2, 0) is 4.94 Å². The Kier molecular flexibility index (Phi) is 3.38. The summed E-state index contributed by atoms with van der Waals surface area (Å²) >= 11 is 0. The van der Waals surface area contributed by atoms with Crippen LogP contribution in [0.1, 0.15) is 20.3 Å². The molecule has 0 radical (unpaired) electrons. The van der Waals surface area contributed by atoms with Crippen molar-refractivity contribution < 1.29 is 9.47 Å². The van der Waals surface area contributed by atoms with Crippen LogP contribution in [0.4, 0.5) is 4.53 Å². The molecule has 42 valence electrons. The summed E-state index contributed by atoms with van der Waals surface area (Å²) in [5.41, 5.74) is 0. The van der Waals surface area contributed by atoms with Gasteiger partial charge in [-0.15, -0.1) is 0 Å². The molecule has 0 aromatic heterocycles. The third kappa shape index (κ3) is 3.30. The molecule has 0 bridgehead atoms. The summed E-state index contributed by atoms with van der Waals surface area (Å²) in [6, 6.07) is 0. The van der Waals surface area contributed by atoms with Crippen molar-refractivity contribution in [1.29, 1.82) is 0 Å². The van der Waals surface area contributed by atoms with Gasteiger partial charge in [-0.05, 0) is 19.4 Å². The molecule has 0 aliphatic rings. The van der Waals surface area contributed by atoms with E-state index in [1.807, 2.05) is 6.92 Å². The lowest BCUT2D eigenvalue weighted by Crippen LogP contribution is -1.70. The lowest BCUT2D eigenvalue weighted by atomic mass is 10.4. The summed E-state index contributed by atoms with van der Waals surface area (Å²) in [6.07, 6.45) is 2.48. The minimum absolute atomic E-state index is 0.336. The first-order valence-electron chi connectivity index (χ1n) is 2.26. The van der Waals surface area contributed by atoms with Gasteiger partial charge in [0.25, 0.3) is 0 Å². The Balaban J connectivity index is 3.29. The molecule has 0 aromatic rings. The van der Waals surface area contributed by atoms with Gasteiger partial charge in [0.2, 0.25) is 0 Å². The van der Waals surface area contributed by atoms with Gasteiger partial charge in [-0.3, -0.25) is 4.94 Å². The second-order valence-electron chi connectivity index (χ2n) is 1.30. The van der Waals surface area contributed by atoms with Crippen LogP contribution in [0.2, 0.25) is 0 Å². The van der Waals surface area contributed by atoms with Crippen LogP contribution in [0.5, 0.6) is 0 Å². The fourth-order valence-electron chi connectivity index (χ4n) is 0.319. The number of allylic oxidation sites excluding steroid dienone is 2. The average Bonchev–Trinajstić information content (AvgIpc) is 1.68. The van der Waals surface area contributed by atoms with Crippen LogP contribution in [0.25, 0.3) is 0 Å². The Morgan fingerprint density at radius 3 is 2.57 bits per heavy atom. The fraction of sp³-hybridized carbons (Fsp3) is 0.600. The van der Waals surface area contributed by atoms with Gasteiger partial charge in [0.05, 0.1) is 0 Å². The highest BCUT2D eigenvalue weighted by molar-refractivity contribution is 4.85. The Labute approximate surface area is 42.7 Å². The second kappa shape index (κ2) is 3.65. The summed E-state index contributed by atoms with van der Waals surface area (Å²) in [5, 5.41) is 0. The molecule has 0 saturated heterocycles. The molecule has 0 saturated carbocycles. The molecule has 0 aliphatic carbocycles. The molecule has 0 aromatic carbocycles. The highest BCUT2D eigenvalue weighted by atomic mass is 19.3. The van der Waals surface area contributed by atoms with Gasteiger partial charge >= 0.3 is 0 Å². The first-order valence-corrected chi connectivity index (χ1v) is 2.26. The quantitative estimate of drug-likeness (QED) is 0.488. The van der Waals surface area contributed by atoms with Crippen molar-refractivity contribution in [1.82, 2.24) is 0 Å². The van der Waals surface area contributed by atoms with E-state index >= 15 is 0 Å². The van der Waals surface area contributed by atoms with Gasteiger partial charge in [-0.25, -0.2) is 0 Å². The zero-order valence-electron chi connectivity index (χ0n) is 4.57. The molecular formula is C5H9FO. The average molecular weight is 104 g/mol. The summed E-state index contributed by atoms with van der Waals surface area (Å²) in [6.45, 7) is 3.49. The van der Waals surface area contributed by atoms with E-state index in [1.54, 1.807) is 13.0 Å². The van der Waals surface area contributed by atoms with E-state index in [0.29, 0.717) is 5.76 Å². The zero-order valence-corrected chi connectivity index (χ0v) is 4.57. The smallest absolute Gasteiger partial charge is 0.141 e. The molecule has 0 amide bonds. The van der Waals surface area contributed by atoms with Crippen LogP contribution >= 0.6 is 0 Å². The fourth-order valence-corrected chi connectivity index (χ4v) is 0.319. The topological polar surface area (TPSA) is 9.23 Å². The van der Waals surface area contributed by atoms with Crippen molar-refractivity contribution >= 4 is 0 Å². The first kappa shape index (κ1) is 6.47. The molecule has 7 heavy (non-hydrogen) atoms. The van der Waals surface area contributed by atoms with E-state index in [4.69, 9.17) is 0 Å². The third-order valence-corrected chi connectivity index (χ3v) is 0.613. The monoisotopic (exact) mass is 104 g/mol. The third-order valence-electron chi connectivity index (χ3n) is 0.613. The van der Waals surface area contributed by atoms with Gasteiger partial charge in [0, 0.05) is 4.53 Å². The van der Waals surface area contributed by atoms with Gasteiger partial charge in [-0.2, -0.15) is 0 Å². The Morgan fingerprint density at radius 2 is 2.43 bits per heavy atom. The van der Waals surface area contributed by atoms with E-state index in [-0.39, 0.29) is 0 Å². The van der Waals surface area contributed by atoms with E-state index in [1.165, 1.54) is 0 Å². The lowest BCUT2D eigenvalue weighted by Gasteiger charge is -1.86. The largest absolute Gasteiger partial charge is 0.300 e. The molecule has 0 unspecified atom stereocenters. The molecule has 1 nitrogen and oxygen atoms in total. The van der Waals surface area contributed by atoms with Crippen molar-refractivity contribution in [3.05, 3.63) is 11.8 Å². The van der Waals surface area contributed by atoms with Crippen molar-refractivity contribution in [2.24, 2.45) is 0 Å². The van der Waals surface area contributed by atoms with Gasteiger partial charge < -0.3 is 0 Å². The van der Waals surface area contributed by atoms with E-state index in [9.17, 15) is 4.53 Å². The van der Waals surface area contributed by atoms with Crippen LogP contribution in [0, 0.1) is 0 Å². The van der Waals surface area contributed by atoms with E-state index < -0.39 is 0 Å². The Bertz CT molecular complexity index is 68.5. The lowest BCUT2D eigenvalue weighted by molar-refractivity contribution is -0.0824. The summed E-state index contributed by atoms with van der Waals surface area (Å²) < 4.78 is 11.0. The molecule has 2 heteroatoms. The molecular weight excluding hydrogens is 95.1 g/mol. The predicted molar refractivity (Wildman–Crippen MR) is 26.2 cm³/mol. The Morgan fingerprint density at radius 1 is 1.86 bits per heavy atom. The van der Waals surface area contributed by atoms with Crippen molar-refractivity contribution in [3.8, 4) is 0 Å². The molecule has 0 fully saturated rings. The minimum Gasteiger partial charge on any atom is -0.300 e. The van der Waals surface area contributed by atoms with E-state index in [0.717, 1.165) is 6.42 Å². The van der Waals surface area contributed by atoms with Crippen molar-refractivity contribution in [2.75, 3.05) is 0 Å². The molecule has 0 N–H and O–H groups in total. The molecule has 0 heterocycles. The number of rotatable bonds is 2. The van der Waals surface area contributed by atoms with Crippen LogP contribution in [0.3, 0.4) is 0 Å². The van der Waals surface area contributed by atoms with Crippen LogP contribution < -0.4 is 0 Å². The number of hydrogen-bond donors (Lipinski definition) is 0. The predicted octanol–water partition coefficient (Wildman–Crippen LogP) is 2.20. The standard InChI is InChI=1S/C5H9FO/c1-3-4-5(2)7-6/h4H,3H2,1-2H3/b5-4-. The highest BCUT2D eigenvalue weighted by Gasteiger charge is 1.81. The second-order valence-corrected chi connectivity index (χ2v) is 1.30. The van der Waals surface area contributed by atoms with E-state index in [2.05, 4.69) is 4.94 Å². The van der Waals surface area contributed by atoms with Crippen LogP contribution in [-0.4, -0.2) is 0 Å². The summed E-state index contributed by atoms with van der Waals surface area (Å²) in [7, 11) is 0. The summed E-state index contributed by atoms with van der Waals surface area (Å²) in [4.78, 5) is 3.35. The number of hydrogen-bond acceptors (Lipinski definition) is 1. The van der Waals surface area contributed by atoms with Crippen LogP contribution in [0.15, 0.2) is 11.8 Å². The maximum atomic E-state index is 11.0. The molecule has 0 rings (SSSR count). The molecule has 0 spiro atoms. The summed E-state index contributed by atoms with van der Waals surface area (Å²) in [5.74, 6) is 0.336. The van der Waals surface area contributed by atoms with Crippen molar-refractivity contribution in [2.45, 2.75) is 20.3 Å².